The molecule has 4 rings (SSSR count). The first kappa shape index (κ1) is 15.2. The molecule has 0 aliphatic carbocycles. The van der Waals surface area contributed by atoms with Gasteiger partial charge in [0.25, 0.3) is 5.56 Å². The highest BCUT2D eigenvalue weighted by Crippen LogP contribution is 2.32. The van der Waals surface area contributed by atoms with E-state index >= 15 is 0 Å². The van der Waals surface area contributed by atoms with Gasteiger partial charge in [0.2, 0.25) is 0 Å². The van der Waals surface area contributed by atoms with Crippen LogP contribution in [0.3, 0.4) is 0 Å². The van der Waals surface area contributed by atoms with Crippen LogP contribution >= 0.6 is 11.3 Å². The van der Waals surface area contributed by atoms with Gasteiger partial charge in [0.1, 0.15) is 17.4 Å². The van der Waals surface area contributed by atoms with E-state index in [9.17, 15) is 4.79 Å². The van der Waals surface area contributed by atoms with Gasteiger partial charge in [-0.1, -0.05) is 11.3 Å². The summed E-state index contributed by atoms with van der Waals surface area (Å²) in [7, 11) is 1.63. The number of fused-ring (bicyclic) bond motifs is 3. The summed E-state index contributed by atoms with van der Waals surface area (Å²) < 4.78 is 6.12. The van der Waals surface area contributed by atoms with E-state index in [1.807, 2.05) is 42.5 Å². The number of methoxy groups -OCH3 is 1. The Morgan fingerprint density at radius 2 is 2.04 bits per heavy atom. The second-order valence-electron chi connectivity index (χ2n) is 5.37. The number of benzene rings is 2. The maximum atomic E-state index is 11.8. The molecule has 25 heavy (non-hydrogen) atoms. The molecule has 2 heterocycles. The molecule has 0 atom stereocenters. The molecule has 0 radical (unpaired) electrons. The Bertz CT molecular complexity index is 1190. The number of hydrogen-bond acceptors (Lipinski definition) is 6. The van der Waals surface area contributed by atoms with Gasteiger partial charge in [-0.3, -0.25) is 4.79 Å². The number of nitrogens with one attached hydrogen (secondary N) is 2. The third kappa shape index (κ3) is 2.69. The minimum absolute atomic E-state index is 0.0812. The van der Waals surface area contributed by atoms with E-state index in [2.05, 4.69) is 15.3 Å². The third-order valence-electron chi connectivity index (χ3n) is 3.84. The quantitative estimate of drug-likeness (QED) is 0.588. The number of aromatic nitrogens is 2. The van der Waals surface area contributed by atoms with Crippen molar-refractivity contribution in [2.24, 2.45) is 0 Å². The molecule has 2 aromatic heterocycles. The largest absolute Gasteiger partial charge is 0.497 e. The Balaban J connectivity index is 1.80. The monoisotopic (exact) mass is 348 g/mol. The highest BCUT2D eigenvalue weighted by atomic mass is 32.1. The average molecular weight is 348 g/mol. The summed E-state index contributed by atoms with van der Waals surface area (Å²) in [6.45, 7) is 0. The molecule has 122 valence electrons. The lowest BCUT2D eigenvalue weighted by atomic mass is 10.1. The lowest BCUT2D eigenvalue weighted by Crippen LogP contribution is -2.09. The number of pyridine rings is 1. The third-order valence-corrected chi connectivity index (χ3v) is 4.78. The molecule has 6 nitrogen and oxygen atoms in total. The van der Waals surface area contributed by atoms with Crippen LogP contribution in [-0.4, -0.2) is 17.1 Å². The summed E-state index contributed by atoms with van der Waals surface area (Å²) >= 11 is 1.51. The summed E-state index contributed by atoms with van der Waals surface area (Å²) in [5, 5.41) is 13.8. The van der Waals surface area contributed by atoms with Gasteiger partial charge in [0.15, 0.2) is 5.13 Å². The Kier molecular flexibility index (Phi) is 3.60. The second-order valence-corrected chi connectivity index (χ2v) is 6.40. The van der Waals surface area contributed by atoms with E-state index in [0.29, 0.717) is 5.52 Å². The highest BCUT2D eigenvalue weighted by Gasteiger charge is 2.10. The summed E-state index contributed by atoms with van der Waals surface area (Å²) in [5.41, 5.74) is 2.01. The Labute approximate surface area is 146 Å². The van der Waals surface area contributed by atoms with Gasteiger partial charge in [0.05, 0.1) is 22.8 Å². The van der Waals surface area contributed by atoms with Crippen LogP contribution in [-0.2, 0) is 0 Å². The van der Waals surface area contributed by atoms with Gasteiger partial charge in [0, 0.05) is 11.1 Å². The molecule has 4 aromatic rings. The van der Waals surface area contributed by atoms with Crippen LogP contribution in [0.5, 0.6) is 5.75 Å². The maximum absolute atomic E-state index is 11.8. The van der Waals surface area contributed by atoms with E-state index in [-0.39, 0.29) is 11.1 Å². The normalized spacial score (nSPS) is 10.7. The number of aromatic amines is 1. The fourth-order valence-electron chi connectivity index (χ4n) is 2.60. The smallest absolute Gasteiger partial charge is 0.266 e. The van der Waals surface area contributed by atoms with Gasteiger partial charge in [-0.2, -0.15) is 5.26 Å². The number of ether oxygens (including phenoxy) is 1. The number of nitrogens with zero attached hydrogens (tertiary/aromatic N) is 2. The highest BCUT2D eigenvalue weighted by molar-refractivity contribution is 7.22. The molecule has 0 bridgehead atoms. The van der Waals surface area contributed by atoms with E-state index in [0.717, 1.165) is 32.2 Å². The zero-order chi connectivity index (χ0) is 17.4. The molecule has 0 amide bonds. The van der Waals surface area contributed by atoms with Crippen LogP contribution in [0, 0.1) is 11.3 Å². The van der Waals surface area contributed by atoms with Crippen molar-refractivity contribution in [3.05, 3.63) is 58.4 Å². The van der Waals surface area contributed by atoms with Crippen LogP contribution in [0.15, 0.2) is 47.3 Å². The summed E-state index contributed by atoms with van der Waals surface area (Å²) in [4.78, 5) is 19.1. The Hall–Kier alpha value is -3.37. The summed E-state index contributed by atoms with van der Waals surface area (Å²) in [6.07, 6.45) is 0. The molecular formula is C18H12N4O2S. The molecule has 0 spiro atoms. The van der Waals surface area contributed by atoms with Gasteiger partial charge < -0.3 is 15.0 Å². The Morgan fingerprint density at radius 1 is 1.24 bits per heavy atom. The lowest BCUT2D eigenvalue weighted by Gasteiger charge is -2.03. The van der Waals surface area contributed by atoms with Crippen LogP contribution in [0.1, 0.15) is 5.56 Å². The predicted octanol–water partition coefficient (Wildman–Crippen LogP) is 3.76. The number of hydrogen-bond donors (Lipinski definition) is 2. The number of rotatable bonds is 3. The average Bonchev–Trinajstić information content (AvgIpc) is 3.04. The van der Waals surface area contributed by atoms with Gasteiger partial charge in [-0.05, 0) is 42.5 Å². The van der Waals surface area contributed by atoms with Crippen molar-refractivity contribution in [2.75, 3.05) is 12.4 Å². The number of thiazole rings is 1. The molecule has 7 heteroatoms. The topological polar surface area (TPSA) is 90.8 Å². The maximum Gasteiger partial charge on any atom is 0.266 e. The second kappa shape index (κ2) is 5.92. The molecule has 0 saturated carbocycles. The molecule has 2 aromatic carbocycles. The fraction of sp³-hybridized carbons (Fsp3) is 0.0556. The Morgan fingerprint density at radius 3 is 2.76 bits per heavy atom. The van der Waals surface area contributed by atoms with E-state index < -0.39 is 0 Å². The zero-order valence-electron chi connectivity index (χ0n) is 13.2. The van der Waals surface area contributed by atoms with Gasteiger partial charge in [-0.25, -0.2) is 4.98 Å². The first-order chi connectivity index (χ1) is 12.2. The van der Waals surface area contributed by atoms with Crippen molar-refractivity contribution in [1.82, 2.24) is 9.97 Å². The van der Waals surface area contributed by atoms with E-state index in [4.69, 9.17) is 10.00 Å². The molecule has 0 aliphatic heterocycles. The summed E-state index contributed by atoms with van der Waals surface area (Å²) in [5.74, 6) is 0.786. The fourth-order valence-corrected chi connectivity index (χ4v) is 3.51. The summed E-state index contributed by atoms with van der Waals surface area (Å²) in [6, 6.07) is 14.8. The molecule has 0 fully saturated rings. The van der Waals surface area contributed by atoms with Crippen LogP contribution in [0.2, 0.25) is 0 Å². The SMILES string of the molecule is COc1ccc(Nc2nc3c(ccc4[nH]c(=O)c(C#N)cc43)s2)cc1. The zero-order valence-corrected chi connectivity index (χ0v) is 14.0. The first-order valence-electron chi connectivity index (χ1n) is 7.45. The van der Waals surface area contributed by atoms with Crippen molar-refractivity contribution in [3.8, 4) is 11.8 Å². The molecule has 2 N–H and O–H groups in total. The lowest BCUT2D eigenvalue weighted by molar-refractivity contribution is 0.415. The van der Waals surface area contributed by atoms with Crippen molar-refractivity contribution >= 4 is 43.3 Å². The van der Waals surface area contributed by atoms with Crippen LogP contribution < -0.4 is 15.6 Å². The van der Waals surface area contributed by atoms with Crippen molar-refractivity contribution in [3.63, 3.8) is 0 Å². The van der Waals surface area contributed by atoms with Gasteiger partial charge in [-0.15, -0.1) is 0 Å². The number of anilines is 2. The van der Waals surface area contributed by atoms with Crippen molar-refractivity contribution in [1.29, 1.82) is 5.26 Å². The molecule has 0 unspecified atom stereocenters. The standard InChI is InChI=1S/C18H12N4O2S/c1-24-12-4-2-11(3-5-12)20-18-22-16-13-8-10(9-19)17(23)21-14(13)6-7-15(16)25-18/h2-8H,1H3,(H,20,22)(H,21,23). The number of H-pyrrole nitrogens is 1. The van der Waals surface area contributed by atoms with E-state index in [1.54, 1.807) is 13.2 Å². The van der Waals surface area contributed by atoms with Crippen molar-refractivity contribution < 1.29 is 4.74 Å². The predicted molar refractivity (Wildman–Crippen MR) is 98.7 cm³/mol. The van der Waals surface area contributed by atoms with Crippen molar-refractivity contribution in [2.45, 2.75) is 0 Å². The molecule has 0 aliphatic rings. The molecule has 0 saturated heterocycles. The van der Waals surface area contributed by atoms with Crippen LogP contribution in [0.4, 0.5) is 10.8 Å². The molecular weight excluding hydrogens is 336 g/mol. The first-order valence-corrected chi connectivity index (χ1v) is 8.27. The van der Waals surface area contributed by atoms with Gasteiger partial charge >= 0.3 is 0 Å². The minimum Gasteiger partial charge on any atom is -0.497 e. The minimum atomic E-state index is -0.388. The van der Waals surface area contributed by atoms with E-state index in [1.165, 1.54) is 11.3 Å². The van der Waals surface area contributed by atoms with Crippen LogP contribution in [0.25, 0.3) is 21.1 Å². The number of nitriles is 1.